The van der Waals surface area contributed by atoms with Gasteiger partial charge in [-0.25, -0.2) is 8.42 Å². The second-order valence-corrected chi connectivity index (χ2v) is 12.7. The first kappa shape index (κ1) is 34.7. The Labute approximate surface area is 260 Å². The van der Waals surface area contributed by atoms with Crippen molar-refractivity contribution in [1.82, 2.24) is 10.2 Å². The van der Waals surface area contributed by atoms with Crippen LogP contribution in [0, 0.1) is 5.92 Å². The van der Waals surface area contributed by atoms with Gasteiger partial charge in [-0.05, 0) is 60.4 Å². The Morgan fingerprint density at radius 2 is 1.64 bits per heavy atom. The van der Waals surface area contributed by atoms with Gasteiger partial charge < -0.3 is 15.0 Å². The third-order valence-corrected chi connectivity index (χ3v) is 8.85. The number of hydrogen-bond donors (Lipinski definition) is 1. The number of sulfonamides is 1. The Morgan fingerprint density at radius 3 is 2.18 bits per heavy atom. The van der Waals surface area contributed by atoms with Gasteiger partial charge in [-0.15, -0.1) is 0 Å². The number of hydrogen-bond acceptors (Lipinski definition) is 5. The standard InChI is InChI=1S/C31H35ClF3N3O5S/c1-5-28(30(40)36-18-21(2)3)37(19-22-11-14-24(43-4)15-12-22)29(39)20-38(44(41,42)25-9-7-6-8-10-25)23-13-16-27(32)26(17-23)31(33,34)35/h6-17,21,28H,5,18-20H2,1-4H3,(H,36,40). The van der Waals surface area contributed by atoms with Gasteiger partial charge in [0.15, 0.2) is 0 Å². The maximum Gasteiger partial charge on any atom is 0.417 e. The lowest BCUT2D eigenvalue weighted by Crippen LogP contribution is -2.52. The van der Waals surface area contributed by atoms with Crippen LogP contribution >= 0.6 is 11.6 Å². The lowest BCUT2D eigenvalue weighted by atomic mass is 10.1. The van der Waals surface area contributed by atoms with Gasteiger partial charge in [-0.1, -0.05) is 62.7 Å². The molecule has 1 atom stereocenters. The monoisotopic (exact) mass is 653 g/mol. The minimum absolute atomic E-state index is 0.0793. The lowest BCUT2D eigenvalue weighted by molar-refractivity contribution is -0.140. The molecule has 2 amide bonds. The molecule has 0 aliphatic rings. The van der Waals surface area contributed by atoms with E-state index in [2.05, 4.69) is 5.32 Å². The summed E-state index contributed by atoms with van der Waals surface area (Å²) in [6, 6.07) is 15.4. The molecule has 0 aromatic heterocycles. The van der Waals surface area contributed by atoms with Gasteiger partial charge in [0.25, 0.3) is 10.0 Å². The second kappa shape index (κ2) is 14.8. The van der Waals surface area contributed by atoms with Crippen molar-refractivity contribution in [3.63, 3.8) is 0 Å². The fourth-order valence-electron chi connectivity index (χ4n) is 4.40. The molecule has 0 radical (unpaired) electrons. The van der Waals surface area contributed by atoms with Crippen LogP contribution in [-0.4, -0.2) is 51.4 Å². The van der Waals surface area contributed by atoms with E-state index >= 15 is 0 Å². The number of carbonyl (C=O) groups excluding carboxylic acids is 2. The molecule has 238 valence electrons. The number of halogens is 4. The first-order valence-electron chi connectivity index (χ1n) is 13.8. The van der Waals surface area contributed by atoms with Crippen LogP contribution in [-0.2, 0) is 32.3 Å². The summed E-state index contributed by atoms with van der Waals surface area (Å²) in [7, 11) is -3.06. The van der Waals surface area contributed by atoms with Crippen molar-refractivity contribution in [2.24, 2.45) is 5.92 Å². The zero-order chi connectivity index (χ0) is 32.7. The average Bonchev–Trinajstić information content (AvgIpc) is 2.99. The topological polar surface area (TPSA) is 96.0 Å². The predicted molar refractivity (Wildman–Crippen MR) is 163 cm³/mol. The van der Waals surface area contributed by atoms with Crippen molar-refractivity contribution >= 4 is 39.1 Å². The van der Waals surface area contributed by atoms with Gasteiger partial charge in [0.1, 0.15) is 18.3 Å². The first-order valence-corrected chi connectivity index (χ1v) is 15.7. The summed E-state index contributed by atoms with van der Waals surface area (Å²) in [5.41, 5.74) is -1.05. The highest BCUT2D eigenvalue weighted by molar-refractivity contribution is 7.92. The molecular formula is C31H35ClF3N3O5S. The number of methoxy groups -OCH3 is 1. The molecule has 0 spiro atoms. The summed E-state index contributed by atoms with van der Waals surface area (Å²) < 4.78 is 74.9. The van der Waals surface area contributed by atoms with Gasteiger partial charge >= 0.3 is 6.18 Å². The van der Waals surface area contributed by atoms with E-state index in [-0.39, 0.29) is 23.8 Å². The molecule has 0 aliphatic carbocycles. The molecule has 3 rings (SSSR count). The Morgan fingerprint density at radius 1 is 1.00 bits per heavy atom. The van der Waals surface area contributed by atoms with Crippen molar-refractivity contribution in [2.45, 2.75) is 50.9 Å². The van der Waals surface area contributed by atoms with E-state index in [1.165, 1.54) is 36.3 Å². The highest BCUT2D eigenvalue weighted by Crippen LogP contribution is 2.38. The molecule has 0 aliphatic heterocycles. The Kier molecular flexibility index (Phi) is 11.7. The quantitative estimate of drug-likeness (QED) is 0.239. The van der Waals surface area contributed by atoms with Gasteiger partial charge in [-0.3, -0.25) is 13.9 Å². The third kappa shape index (κ3) is 8.66. The molecule has 0 saturated carbocycles. The number of alkyl halides is 3. The van der Waals surface area contributed by atoms with E-state index in [1.54, 1.807) is 37.3 Å². The fraction of sp³-hybridized carbons (Fsp3) is 0.355. The van der Waals surface area contributed by atoms with Crippen LogP contribution in [0.5, 0.6) is 5.75 Å². The molecule has 0 fully saturated rings. The van der Waals surface area contributed by atoms with Crippen molar-refractivity contribution in [1.29, 1.82) is 0 Å². The normalized spacial score (nSPS) is 12.5. The number of nitrogens with zero attached hydrogens (tertiary/aromatic N) is 2. The molecule has 3 aromatic carbocycles. The average molecular weight is 654 g/mol. The molecule has 8 nitrogen and oxygen atoms in total. The number of nitrogens with one attached hydrogen (secondary N) is 1. The van der Waals surface area contributed by atoms with Crippen molar-refractivity contribution in [2.75, 3.05) is 24.5 Å². The van der Waals surface area contributed by atoms with Crippen LogP contribution in [0.15, 0.2) is 77.7 Å². The highest BCUT2D eigenvalue weighted by Gasteiger charge is 2.37. The van der Waals surface area contributed by atoms with E-state index in [9.17, 15) is 31.2 Å². The summed E-state index contributed by atoms with van der Waals surface area (Å²) >= 11 is 5.82. The maximum absolute atomic E-state index is 14.1. The molecule has 1 N–H and O–H groups in total. The zero-order valence-corrected chi connectivity index (χ0v) is 26.3. The molecule has 44 heavy (non-hydrogen) atoms. The van der Waals surface area contributed by atoms with Crippen molar-refractivity contribution in [3.05, 3.63) is 88.9 Å². The van der Waals surface area contributed by atoms with Gasteiger partial charge in [-0.2, -0.15) is 13.2 Å². The SMILES string of the molecule is CCC(C(=O)NCC(C)C)N(Cc1ccc(OC)cc1)C(=O)CN(c1ccc(Cl)c(C(F)(F)F)c1)S(=O)(=O)c1ccccc1. The summed E-state index contributed by atoms with van der Waals surface area (Å²) in [6.07, 6.45) is -4.70. The van der Waals surface area contributed by atoms with E-state index in [4.69, 9.17) is 16.3 Å². The summed E-state index contributed by atoms with van der Waals surface area (Å²) in [4.78, 5) is 28.4. The van der Waals surface area contributed by atoms with Crippen molar-refractivity contribution in [3.8, 4) is 5.75 Å². The Bertz CT molecular complexity index is 1540. The summed E-state index contributed by atoms with van der Waals surface area (Å²) in [6.45, 7) is 4.91. The minimum Gasteiger partial charge on any atom is -0.497 e. The molecule has 0 saturated heterocycles. The van der Waals surface area contributed by atoms with Crippen LogP contribution in [0.25, 0.3) is 0 Å². The van der Waals surface area contributed by atoms with Gasteiger partial charge in [0.05, 0.1) is 28.3 Å². The number of ether oxygens (including phenoxy) is 1. The van der Waals surface area contributed by atoms with Crippen molar-refractivity contribution < 1.29 is 35.9 Å². The third-order valence-electron chi connectivity index (χ3n) is 6.74. The van der Waals surface area contributed by atoms with E-state index in [1.807, 2.05) is 13.8 Å². The molecule has 3 aromatic rings. The second-order valence-electron chi connectivity index (χ2n) is 10.4. The van der Waals surface area contributed by atoms with Crippen LogP contribution in [0.4, 0.5) is 18.9 Å². The van der Waals surface area contributed by atoms with Gasteiger partial charge in [0.2, 0.25) is 11.8 Å². The van der Waals surface area contributed by atoms with Gasteiger partial charge in [0, 0.05) is 13.1 Å². The molecule has 0 bridgehead atoms. The smallest absolute Gasteiger partial charge is 0.417 e. The number of carbonyl (C=O) groups is 2. The Hall–Kier alpha value is -3.77. The largest absolute Gasteiger partial charge is 0.497 e. The highest BCUT2D eigenvalue weighted by atomic mass is 35.5. The molecular weight excluding hydrogens is 619 g/mol. The van der Waals surface area contributed by atoms with E-state index in [0.29, 0.717) is 28.2 Å². The van der Waals surface area contributed by atoms with E-state index < -0.39 is 56.9 Å². The lowest BCUT2D eigenvalue weighted by Gasteiger charge is -2.33. The van der Waals surface area contributed by atoms with Crippen LogP contribution < -0.4 is 14.4 Å². The number of amides is 2. The number of anilines is 1. The predicted octanol–water partition coefficient (Wildman–Crippen LogP) is 6.14. The fourth-order valence-corrected chi connectivity index (χ4v) is 6.06. The minimum atomic E-state index is -4.89. The zero-order valence-electron chi connectivity index (χ0n) is 24.8. The first-order chi connectivity index (χ1) is 20.7. The summed E-state index contributed by atoms with van der Waals surface area (Å²) in [5.74, 6) is -0.542. The van der Waals surface area contributed by atoms with E-state index in [0.717, 1.165) is 12.1 Å². The summed E-state index contributed by atoms with van der Waals surface area (Å²) in [5, 5.41) is 2.19. The molecule has 13 heteroatoms. The number of rotatable bonds is 13. The maximum atomic E-state index is 14.1. The number of benzene rings is 3. The molecule has 0 heterocycles. The Balaban J connectivity index is 2.12. The van der Waals surface area contributed by atoms with Crippen LogP contribution in [0.3, 0.4) is 0 Å². The van der Waals surface area contributed by atoms with Crippen LogP contribution in [0.2, 0.25) is 5.02 Å². The molecule has 1 unspecified atom stereocenters. The van der Waals surface area contributed by atoms with Crippen LogP contribution in [0.1, 0.15) is 38.3 Å².